The highest BCUT2D eigenvalue weighted by Crippen LogP contribution is 2.25. The van der Waals surface area contributed by atoms with Gasteiger partial charge in [0.25, 0.3) is 0 Å². The van der Waals surface area contributed by atoms with E-state index in [1.807, 2.05) is 25.7 Å². The number of amides is 1. The van der Waals surface area contributed by atoms with Crippen LogP contribution in [0.15, 0.2) is 0 Å². The second-order valence-electron chi connectivity index (χ2n) is 8.21. The maximum absolute atomic E-state index is 12.1. The predicted molar refractivity (Wildman–Crippen MR) is 93.3 cm³/mol. The summed E-state index contributed by atoms with van der Waals surface area (Å²) in [5, 5.41) is 3.76. The standard InChI is InChI=1S/C18H35N3O2/c1-18(2,3)23-17(22)21-10-8-14(9-11-21)13-20-16-7-5-4-6-15(16)12-19/h14-16,20H,4-13,19H2,1-3H3. The van der Waals surface area contributed by atoms with Gasteiger partial charge in [0.2, 0.25) is 0 Å². The van der Waals surface area contributed by atoms with Crippen molar-refractivity contribution in [3.05, 3.63) is 0 Å². The summed E-state index contributed by atoms with van der Waals surface area (Å²) < 4.78 is 5.45. The molecule has 2 fully saturated rings. The van der Waals surface area contributed by atoms with Crippen LogP contribution in [-0.4, -0.2) is 48.8 Å². The zero-order valence-corrected chi connectivity index (χ0v) is 15.1. The first-order valence-corrected chi connectivity index (χ1v) is 9.30. The van der Waals surface area contributed by atoms with Crippen LogP contribution >= 0.6 is 0 Å². The average molecular weight is 325 g/mol. The molecule has 1 aliphatic heterocycles. The van der Waals surface area contributed by atoms with Gasteiger partial charge in [-0.05, 0) is 71.4 Å². The number of nitrogens with zero attached hydrogens (tertiary/aromatic N) is 1. The Morgan fingerprint density at radius 2 is 1.83 bits per heavy atom. The molecule has 23 heavy (non-hydrogen) atoms. The number of hydrogen-bond donors (Lipinski definition) is 2. The molecule has 1 saturated heterocycles. The number of carbonyl (C=O) groups is 1. The second-order valence-corrected chi connectivity index (χ2v) is 8.21. The topological polar surface area (TPSA) is 67.6 Å². The lowest BCUT2D eigenvalue weighted by atomic mass is 9.84. The van der Waals surface area contributed by atoms with Crippen LogP contribution in [0.2, 0.25) is 0 Å². The molecule has 3 N–H and O–H groups in total. The van der Waals surface area contributed by atoms with Crippen LogP contribution in [0.1, 0.15) is 59.3 Å². The van der Waals surface area contributed by atoms with E-state index in [2.05, 4.69) is 5.32 Å². The molecule has 0 bridgehead atoms. The van der Waals surface area contributed by atoms with Crippen molar-refractivity contribution in [1.82, 2.24) is 10.2 Å². The zero-order valence-electron chi connectivity index (χ0n) is 15.1. The molecule has 1 heterocycles. The fourth-order valence-electron chi connectivity index (χ4n) is 3.72. The first-order chi connectivity index (χ1) is 10.9. The number of ether oxygens (including phenoxy) is 1. The largest absolute Gasteiger partial charge is 0.444 e. The van der Waals surface area contributed by atoms with Crippen molar-refractivity contribution >= 4 is 6.09 Å². The summed E-state index contributed by atoms with van der Waals surface area (Å²) in [4.78, 5) is 13.9. The Hall–Kier alpha value is -0.810. The van der Waals surface area contributed by atoms with Crippen LogP contribution in [-0.2, 0) is 4.74 Å². The number of rotatable bonds is 4. The molecule has 2 rings (SSSR count). The van der Waals surface area contributed by atoms with E-state index in [0.717, 1.165) is 39.0 Å². The zero-order chi connectivity index (χ0) is 16.9. The molecule has 1 amide bonds. The van der Waals surface area contributed by atoms with Crippen LogP contribution in [0.5, 0.6) is 0 Å². The molecule has 134 valence electrons. The van der Waals surface area contributed by atoms with Crippen molar-refractivity contribution in [2.24, 2.45) is 17.6 Å². The predicted octanol–water partition coefficient (Wildman–Crippen LogP) is 2.74. The van der Waals surface area contributed by atoms with Gasteiger partial charge in [-0.1, -0.05) is 12.8 Å². The average Bonchev–Trinajstić information content (AvgIpc) is 2.52. The van der Waals surface area contributed by atoms with E-state index in [9.17, 15) is 4.79 Å². The Balaban J connectivity index is 1.69. The quantitative estimate of drug-likeness (QED) is 0.834. The van der Waals surface area contributed by atoms with Gasteiger partial charge in [-0.3, -0.25) is 0 Å². The number of hydrogen-bond acceptors (Lipinski definition) is 4. The third-order valence-corrected chi connectivity index (χ3v) is 5.15. The summed E-state index contributed by atoms with van der Waals surface area (Å²) >= 11 is 0. The molecule has 2 atom stereocenters. The lowest BCUT2D eigenvalue weighted by Crippen LogP contribution is -2.46. The van der Waals surface area contributed by atoms with Crippen molar-refractivity contribution in [3.8, 4) is 0 Å². The third-order valence-electron chi connectivity index (χ3n) is 5.15. The summed E-state index contributed by atoms with van der Waals surface area (Å²) in [5.74, 6) is 1.31. The number of nitrogens with two attached hydrogens (primary N) is 1. The van der Waals surface area contributed by atoms with Gasteiger partial charge in [0.15, 0.2) is 0 Å². The number of piperidine rings is 1. The Kier molecular flexibility index (Phi) is 6.72. The highest BCUT2D eigenvalue weighted by molar-refractivity contribution is 5.68. The minimum absolute atomic E-state index is 0.167. The Bertz CT molecular complexity index is 373. The van der Waals surface area contributed by atoms with Gasteiger partial charge < -0.3 is 20.7 Å². The van der Waals surface area contributed by atoms with Crippen LogP contribution in [0, 0.1) is 11.8 Å². The summed E-state index contributed by atoms with van der Waals surface area (Å²) in [6.07, 6.45) is 7.14. The van der Waals surface area contributed by atoms with E-state index in [1.165, 1.54) is 25.7 Å². The molecule has 5 heteroatoms. The van der Waals surface area contributed by atoms with Gasteiger partial charge >= 0.3 is 6.09 Å². The maximum atomic E-state index is 12.1. The summed E-state index contributed by atoms with van der Waals surface area (Å²) in [7, 11) is 0. The van der Waals surface area contributed by atoms with Crippen molar-refractivity contribution in [3.63, 3.8) is 0 Å². The molecule has 2 aliphatic rings. The molecule has 0 aromatic carbocycles. The minimum atomic E-state index is -0.409. The number of nitrogens with one attached hydrogen (secondary N) is 1. The van der Waals surface area contributed by atoms with Crippen molar-refractivity contribution < 1.29 is 9.53 Å². The van der Waals surface area contributed by atoms with Gasteiger partial charge in [0, 0.05) is 19.1 Å². The van der Waals surface area contributed by atoms with Crippen LogP contribution < -0.4 is 11.1 Å². The first kappa shape index (κ1) is 18.5. The van der Waals surface area contributed by atoms with Crippen molar-refractivity contribution in [2.45, 2.75) is 70.9 Å². The van der Waals surface area contributed by atoms with Crippen molar-refractivity contribution in [2.75, 3.05) is 26.2 Å². The molecular formula is C18H35N3O2. The minimum Gasteiger partial charge on any atom is -0.444 e. The van der Waals surface area contributed by atoms with Crippen LogP contribution in [0.4, 0.5) is 4.79 Å². The monoisotopic (exact) mass is 325 g/mol. The van der Waals surface area contributed by atoms with E-state index < -0.39 is 5.60 Å². The van der Waals surface area contributed by atoms with Gasteiger partial charge in [-0.2, -0.15) is 0 Å². The molecule has 2 unspecified atom stereocenters. The lowest BCUT2D eigenvalue weighted by molar-refractivity contribution is 0.0182. The molecule has 0 aromatic rings. The molecule has 1 saturated carbocycles. The Morgan fingerprint density at radius 1 is 1.17 bits per heavy atom. The molecule has 5 nitrogen and oxygen atoms in total. The molecule has 0 aromatic heterocycles. The first-order valence-electron chi connectivity index (χ1n) is 9.30. The third kappa shape index (κ3) is 5.96. The summed E-state index contributed by atoms with van der Waals surface area (Å²) in [6.45, 7) is 9.23. The number of likely N-dealkylation sites (tertiary alicyclic amines) is 1. The number of carbonyl (C=O) groups excluding carboxylic acids is 1. The van der Waals surface area contributed by atoms with Gasteiger partial charge in [-0.15, -0.1) is 0 Å². The highest BCUT2D eigenvalue weighted by atomic mass is 16.6. The van der Waals surface area contributed by atoms with Crippen LogP contribution in [0.25, 0.3) is 0 Å². The Labute approximate surface area is 141 Å². The lowest BCUT2D eigenvalue weighted by Gasteiger charge is -2.36. The van der Waals surface area contributed by atoms with E-state index in [-0.39, 0.29) is 6.09 Å². The van der Waals surface area contributed by atoms with E-state index in [0.29, 0.717) is 17.9 Å². The molecular weight excluding hydrogens is 290 g/mol. The van der Waals surface area contributed by atoms with E-state index in [1.54, 1.807) is 0 Å². The normalized spacial score (nSPS) is 27.0. The second kappa shape index (κ2) is 8.34. The smallest absolute Gasteiger partial charge is 0.410 e. The van der Waals surface area contributed by atoms with Gasteiger partial charge in [0.1, 0.15) is 5.60 Å². The van der Waals surface area contributed by atoms with Gasteiger partial charge in [-0.25, -0.2) is 4.79 Å². The molecule has 0 spiro atoms. The molecule has 0 radical (unpaired) electrons. The summed E-state index contributed by atoms with van der Waals surface area (Å²) in [5.41, 5.74) is 5.50. The van der Waals surface area contributed by atoms with E-state index in [4.69, 9.17) is 10.5 Å². The Morgan fingerprint density at radius 3 is 2.43 bits per heavy atom. The maximum Gasteiger partial charge on any atom is 0.410 e. The van der Waals surface area contributed by atoms with Crippen molar-refractivity contribution in [1.29, 1.82) is 0 Å². The SMILES string of the molecule is CC(C)(C)OC(=O)N1CCC(CNC2CCCCC2CN)CC1. The van der Waals surface area contributed by atoms with E-state index >= 15 is 0 Å². The highest BCUT2D eigenvalue weighted by Gasteiger charge is 2.28. The van der Waals surface area contributed by atoms with Crippen LogP contribution in [0.3, 0.4) is 0 Å². The fraction of sp³-hybridized carbons (Fsp3) is 0.944. The molecule has 1 aliphatic carbocycles. The fourth-order valence-corrected chi connectivity index (χ4v) is 3.72. The summed E-state index contributed by atoms with van der Waals surface area (Å²) in [6, 6.07) is 0.595. The van der Waals surface area contributed by atoms with Gasteiger partial charge in [0.05, 0.1) is 0 Å².